The van der Waals surface area contributed by atoms with E-state index in [1.165, 1.54) is 13.1 Å². The van der Waals surface area contributed by atoms with Crippen LogP contribution in [-0.2, 0) is 16.6 Å². The molecule has 1 aromatic heterocycles. The fourth-order valence-corrected chi connectivity index (χ4v) is 3.22. The van der Waals surface area contributed by atoms with Gasteiger partial charge in [-0.3, -0.25) is 19.0 Å². The largest absolute Gasteiger partial charge is 0.464 e. The number of carboxylic acid groups (broad SMARTS) is 1. The number of hydrogen-bond donors (Lipinski definition) is 2. The van der Waals surface area contributed by atoms with E-state index in [-0.39, 0.29) is 17.2 Å². The van der Waals surface area contributed by atoms with E-state index in [0.29, 0.717) is 15.2 Å². The molecule has 0 aliphatic carbocycles. The molecule has 0 fully saturated rings. The smallest absolute Gasteiger partial charge is 0.416 e. The molecule has 0 aliphatic heterocycles. The van der Waals surface area contributed by atoms with E-state index in [4.69, 9.17) is 15.2 Å². The van der Waals surface area contributed by atoms with Crippen LogP contribution < -0.4 is 31.4 Å². The third-order valence-corrected chi connectivity index (χ3v) is 4.54. The number of amides is 1. The van der Waals surface area contributed by atoms with Gasteiger partial charge in [0.2, 0.25) is 0 Å². The zero-order valence-electron chi connectivity index (χ0n) is 18.3. The first-order valence-electron chi connectivity index (χ1n) is 9.73. The molecule has 1 heterocycles. The van der Waals surface area contributed by atoms with Gasteiger partial charge >= 0.3 is 23.7 Å². The van der Waals surface area contributed by atoms with Crippen molar-refractivity contribution in [2.75, 3.05) is 10.6 Å². The predicted molar refractivity (Wildman–Crippen MR) is 121 cm³/mol. The third kappa shape index (κ3) is 4.65. The second-order valence-electron chi connectivity index (χ2n) is 7.02. The molecule has 0 spiro atoms. The number of benzene rings is 2. The first kappa shape index (κ1) is 23.8. The Morgan fingerprint density at radius 3 is 1.94 bits per heavy atom. The summed E-state index contributed by atoms with van der Waals surface area (Å²) >= 11 is 0. The number of carbonyl (C=O) groups is 3. The number of nitrogen functional groups attached to an aromatic ring is 1. The van der Waals surface area contributed by atoms with Gasteiger partial charge in [-0.15, -0.1) is 0 Å². The molecule has 0 saturated heterocycles. The molecule has 34 heavy (non-hydrogen) atoms. The predicted octanol–water partition coefficient (Wildman–Crippen LogP) is 1.79. The summed E-state index contributed by atoms with van der Waals surface area (Å²) in [5, 5.41) is 10.0. The second-order valence-corrected chi connectivity index (χ2v) is 7.02. The molecule has 0 unspecified atom stereocenters. The standard InChI is InChI=1S/C22H20N4O8/c1-12(27)33-16-9-15(10-17(11-16)34-13(2)28)25(22(31)32)18-19(23)26(14-7-5-4-6-8-14)21(30)24(3)20(18)29/h4-11H,23H2,1-3H3,(H,31,32). The van der Waals surface area contributed by atoms with E-state index in [0.717, 1.165) is 30.5 Å². The molecule has 0 saturated carbocycles. The van der Waals surface area contributed by atoms with E-state index in [1.807, 2.05) is 0 Å². The number of hydrogen-bond acceptors (Lipinski definition) is 8. The Morgan fingerprint density at radius 1 is 0.941 bits per heavy atom. The van der Waals surface area contributed by atoms with Gasteiger partial charge in [0.1, 0.15) is 17.3 Å². The molecule has 12 nitrogen and oxygen atoms in total. The average Bonchev–Trinajstić information content (AvgIpc) is 2.74. The van der Waals surface area contributed by atoms with Gasteiger partial charge in [-0.05, 0) is 12.1 Å². The van der Waals surface area contributed by atoms with Crippen molar-refractivity contribution in [3.8, 4) is 17.2 Å². The molecule has 0 atom stereocenters. The Morgan fingerprint density at radius 2 is 1.47 bits per heavy atom. The molecule has 3 N–H and O–H groups in total. The summed E-state index contributed by atoms with van der Waals surface area (Å²) in [7, 11) is 1.17. The molecule has 12 heteroatoms. The van der Waals surface area contributed by atoms with Crippen molar-refractivity contribution in [1.82, 2.24) is 9.13 Å². The Balaban J connectivity index is 2.35. The van der Waals surface area contributed by atoms with Gasteiger partial charge in [-0.2, -0.15) is 0 Å². The van der Waals surface area contributed by atoms with Crippen LogP contribution >= 0.6 is 0 Å². The van der Waals surface area contributed by atoms with Crippen LogP contribution in [0.1, 0.15) is 13.8 Å². The minimum Gasteiger partial charge on any atom is -0.464 e. The lowest BCUT2D eigenvalue weighted by Gasteiger charge is -2.23. The lowest BCUT2D eigenvalue weighted by atomic mass is 10.2. The van der Waals surface area contributed by atoms with Crippen LogP contribution in [0, 0.1) is 0 Å². The maximum Gasteiger partial charge on any atom is 0.416 e. The third-order valence-electron chi connectivity index (χ3n) is 4.54. The Kier molecular flexibility index (Phi) is 6.52. The SMILES string of the molecule is CC(=O)Oc1cc(OC(C)=O)cc(N(C(=O)O)c2c(N)n(-c3ccccc3)c(=O)n(C)c2=O)c1. The summed E-state index contributed by atoms with van der Waals surface area (Å²) in [6.07, 6.45) is -1.64. The first-order chi connectivity index (χ1) is 16.0. The number of nitrogens with two attached hydrogens (primary N) is 1. The van der Waals surface area contributed by atoms with E-state index < -0.39 is 40.8 Å². The van der Waals surface area contributed by atoms with Crippen molar-refractivity contribution in [2.24, 2.45) is 7.05 Å². The number of esters is 2. The Bertz CT molecular complexity index is 1370. The maximum absolute atomic E-state index is 13.0. The average molecular weight is 468 g/mol. The van der Waals surface area contributed by atoms with Crippen LogP contribution in [0.5, 0.6) is 11.5 Å². The highest BCUT2D eigenvalue weighted by Gasteiger charge is 2.28. The van der Waals surface area contributed by atoms with Gasteiger partial charge in [0, 0.05) is 39.1 Å². The molecule has 0 bridgehead atoms. The quantitative estimate of drug-likeness (QED) is 0.420. The van der Waals surface area contributed by atoms with Crippen molar-refractivity contribution < 1.29 is 29.0 Å². The van der Waals surface area contributed by atoms with Crippen LogP contribution in [0.15, 0.2) is 58.1 Å². The molecule has 0 aliphatic rings. The Hall–Kier alpha value is -4.87. The summed E-state index contributed by atoms with van der Waals surface area (Å²) in [5.41, 5.74) is 3.88. The maximum atomic E-state index is 13.0. The van der Waals surface area contributed by atoms with Crippen LogP contribution in [0.2, 0.25) is 0 Å². The van der Waals surface area contributed by atoms with E-state index >= 15 is 0 Å². The van der Waals surface area contributed by atoms with Crippen molar-refractivity contribution in [2.45, 2.75) is 13.8 Å². The number of anilines is 3. The van der Waals surface area contributed by atoms with E-state index in [2.05, 4.69) is 0 Å². The van der Waals surface area contributed by atoms with Crippen LogP contribution in [0.3, 0.4) is 0 Å². The molecule has 0 radical (unpaired) electrons. The van der Waals surface area contributed by atoms with Crippen LogP contribution in [0.4, 0.5) is 22.0 Å². The molecular formula is C22H20N4O8. The fourth-order valence-electron chi connectivity index (χ4n) is 3.22. The number of para-hydroxylation sites is 1. The molecule has 3 aromatic rings. The van der Waals surface area contributed by atoms with Gasteiger partial charge in [-0.1, -0.05) is 18.2 Å². The number of rotatable bonds is 5. The first-order valence-corrected chi connectivity index (χ1v) is 9.73. The topological polar surface area (TPSA) is 163 Å². The molecule has 176 valence electrons. The van der Waals surface area contributed by atoms with Gasteiger partial charge in [-0.25, -0.2) is 19.1 Å². The summed E-state index contributed by atoms with van der Waals surface area (Å²) in [5.74, 6) is -2.20. The number of aromatic nitrogens is 2. The summed E-state index contributed by atoms with van der Waals surface area (Å²) in [6, 6.07) is 11.5. The highest BCUT2D eigenvalue weighted by molar-refractivity contribution is 5.98. The molecule has 1 amide bonds. The molecular weight excluding hydrogens is 448 g/mol. The molecule has 2 aromatic carbocycles. The summed E-state index contributed by atoms with van der Waals surface area (Å²) < 4.78 is 11.7. The Labute approximate surface area is 192 Å². The summed E-state index contributed by atoms with van der Waals surface area (Å²) in [4.78, 5) is 61.6. The minimum atomic E-state index is -1.64. The molecule has 3 rings (SSSR count). The van der Waals surface area contributed by atoms with Crippen molar-refractivity contribution in [1.29, 1.82) is 0 Å². The van der Waals surface area contributed by atoms with Crippen molar-refractivity contribution in [3.63, 3.8) is 0 Å². The zero-order valence-corrected chi connectivity index (χ0v) is 18.3. The van der Waals surface area contributed by atoms with Gasteiger partial charge in [0.15, 0.2) is 5.69 Å². The van der Waals surface area contributed by atoms with Gasteiger partial charge < -0.3 is 20.3 Å². The normalized spacial score (nSPS) is 10.4. The van der Waals surface area contributed by atoms with Crippen LogP contribution in [0.25, 0.3) is 5.69 Å². The van der Waals surface area contributed by atoms with Crippen molar-refractivity contribution in [3.05, 3.63) is 69.4 Å². The minimum absolute atomic E-state index is 0.153. The second kappa shape index (κ2) is 9.32. The highest BCUT2D eigenvalue weighted by Crippen LogP contribution is 2.34. The highest BCUT2D eigenvalue weighted by atomic mass is 16.5. The van der Waals surface area contributed by atoms with Gasteiger partial charge in [0.25, 0.3) is 5.56 Å². The summed E-state index contributed by atoms with van der Waals surface area (Å²) in [6.45, 7) is 2.24. The van der Waals surface area contributed by atoms with Crippen molar-refractivity contribution >= 4 is 35.2 Å². The van der Waals surface area contributed by atoms with Crippen LogP contribution in [-0.4, -0.2) is 32.3 Å². The number of carbonyl (C=O) groups excluding carboxylic acids is 2. The van der Waals surface area contributed by atoms with E-state index in [9.17, 15) is 29.1 Å². The number of ether oxygens (including phenoxy) is 2. The lowest BCUT2D eigenvalue weighted by molar-refractivity contribution is -0.132. The monoisotopic (exact) mass is 468 g/mol. The van der Waals surface area contributed by atoms with E-state index in [1.54, 1.807) is 30.3 Å². The fraction of sp³-hybridized carbons (Fsp3) is 0.136. The van der Waals surface area contributed by atoms with Gasteiger partial charge in [0.05, 0.1) is 11.4 Å². The lowest BCUT2D eigenvalue weighted by Crippen LogP contribution is -2.43. The zero-order chi connectivity index (χ0) is 25.2. The number of nitrogens with zero attached hydrogens (tertiary/aromatic N) is 3.